The highest BCUT2D eigenvalue weighted by atomic mass is 35.5. The molecule has 5 nitrogen and oxygen atoms in total. The van der Waals surface area contributed by atoms with Crippen molar-refractivity contribution in [2.75, 3.05) is 7.11 Å². The summed E-state index contributed by atoms with van der Waals surface area (Å²) < 4.78 is 7.00. The van der Waals surface area contributed by atoms with E-state index in [0.29, 0.717) is 10.6 Å². The predicted octanol–water partition coefficient (Wildman–Crippen LogP) is 9.51. The van der Waals surface area contributed by atoms with Crippen LogP contribution < -0.4 is 0 Å². The number of aromatic nitrogens is 1. The Hall–Kier alpha value is -2.12. The monoisotopic (exact) mass is 631 g/mol. The molecule has 0 saturated carbocycles. The second-order valence-corrected chi connectivity index (χ2v) is 18.4. The van der Waals surface area contributed by atoms with Gasteiger partial charge in [-0.2, -0.15) is 0 Å². The molecule has 0 spiro atoms. The number of Topliss-reactive ketones (excluding diaryl/α,β-unsaturated/α-hetero) is 1. The predicted molar refractivity (Wildman–Crippen MR) is 177 cm³/mol. The van der Waals surface area contributed by atoms with Crippen LogP contribution in [0.2, 0.25) is 28.2 Å². The Bertz CT molecular complexity index is 1390. The van der Waals surface area contributed by atoms with Crippen LogP contribution >= 0.6 is 23.2 Å². The molecule has 42 heavy (non-hydrogen) atoms. The molecule has 1 aromatic heterocycles. The maximum atomic E-state index is 14.1. The molecule has 8 heteroatoms. The first-order chi connectivity index (χ1) is 19.6. The van der Waals surface area contributed by atoms with E-state index < -0.39 is 8.32 Å². The van der Waals surface area contributed by atoms with Crippen LogP contribution in [0.4, 0.5) is 0 Å². The van der Waals surface area contributed by atoms with Crippen LogP contribution in [-0.2, 0) is 23.0 Å². The summed E-state index contributed by atoms with van der Waals surface area (Å²) in [6.45, 7) is 10.2. The molecule has 2 aromatic carbocycles. The number of ether oxygens (including phenoxy) is 1. The number of rotatable bonds is 15. The number of benzene rings is 2. The highest BCUT2D eigenvalue weighted by molar-refractivity contribution is 6.72. The lowest BCUT2D eigenvalue weighted by Crippen LogP contribution is -2.40. The molecule has 0 radical (unpaired) electrons. The van der Waals surface area contributed by atoms with E-state index in [1.807, 2.05) is 63.5 Å². The molecule has 0 aliphatic carbocycles. The summed E-state index contributed by atoms with van der Waals surface area (Å²) in [7, 11) is 0.876. The smallest absolute Gasteiger partial charge is 0.305 e. The van der Waals surface area contributed by atoms with Gasteiger partial charge in [-0.3, -0.25) is 9.59 Å². The number of carbonyl (C=O) groups excluding carboxylic acids is 2. The molecule has 0 saturated heterocycles. The zero-order chi connectivity index (χ0) is 31.2. The number of esters is 1. The lowest BCUT2D eigenvalue weighted by Gasteiger charge is -2.38. The van der Waals surface area contributed by atoms with Crippen LogP contribution in [0.1, 0.15) is 93.3 Å². The van der Waals surface area contributed by atoms with Crippen molar-refractivity contribution in [1.29, 1.82) is 0 Å². The number of methoxy groups -OCH3 is 1. The minimum atomic E-state index is -2.52. The summed E-state index contributed by atoms with van der Waals surface area (Å²) >= 11 is 12.6. The number of hydrogen-bond acceptors (Lipinski definition) is 4. The Kier molecular flexibility index (Phi) is 11.9. The normalized spacial score (nSPS) is 13.8. The first-order valence-electron chi connectivity index (χ1n) is 15.0. The topological polar surface area (TPSA) is 68.5 Å². The molecule has 2 atom stereocenters. The quantitative estimate of drug-likeness (QED) is 0.0784. The summed E-state index contributed by atoms with van der Waals surface area (Å²) in [5, 5.41) is 1.92. The number of carbonyl (C=O) groups is 2. The lowest BCUT2D eigenvalue weighted by molar-refractivity contribution is -0.141. The Balaban J connectivity index is 1.97. The van der Waals surface area contributed by atoms with Crippen molar-refractivity contribution in [2.24, 2.45) is 13.0 Å². The third kappa shape index (κ3) is 8.72. The van der Waals surface area contributed by atoms with Crippen LogP contribution in [0.15, 0.2) is 42.5 Å². The largest absolute Gasteiger partial charge is 0.469 e. The van der Waals surface area contributed by atoms with Gasteiger partial charge < -0.3 is 14.1 Å². The summed E-state index contributed by atoms with van der Waals surface area (Å²) in [5.74, 6) is -0.393. The Morgan fingerprint density at radius 3 is 2.36 bits per heavy atom. The molecule has 230 valence electrons. The van der Waals surface area contributed by atoms with Gasteiger partial charge >= 0.3 is 5.97 Å². The van der Waals surface area contributed by atoms with Crippen LogP contribution in [0, 0.1) is 5.92 Å². The molecular formula is C34H47Cl2NO4Si. The molecule has 0 bridgehead atoms. The minimum Gasteiger partial charge on any atom is -0.469 e. The fraction of sp³-hybridized carbons (Fsp3) is 0.529. The SMILES string of the molecule is COC(=O)C[C@@H](C)CC(=O)c1c(C(CCCCCc2cccc(Cl)c2)CC(C)(C)[Si](C)(C)O)n(C)c2ccc(Cl)cc12. The van der Waals surface area contributed by atoms with Gasteiger partial charge in [0.25, 0.3) is 0 Å². The van der Waals surface area contributed by atoms with E-state index in [4.69, 9.17) is 27.9 Å². The van der Waals surface area contributed by atoms with Crippen LogP contribution in [0.3, 0.4) is 0 Å². The van der Waals surface area contributed by atoms with Crippen molar-refractivity contribution in [3.8, 4) is 0 Å². The maximum Gasteiger partial charge on any atom is 0.305 e. The summed E-state index contributed by atoms with van der Waals surface area (Å²) in [6, 6.07) is 13.8. The van der Waals surface area contributed by atoms with Crippen molar-refractivity contribution in [2.45, 2.75) is 96.2 Å². The maximum absolute atomic E-state index is 14.1. The number of nitrogens with zero attached hydrogens (tertiary/aromatic N) is 1. The number of aryl methyl sites for hydroxylation is 2. The standard InChI is InChI=1S/C34H47Cl2NO4Si/c1-23(19-31(39)41-5)18-30(38)32-28-21-27(36)16-17-29(28)37(4)33(32)25(22-34(2,3)42(6,7)40)14-10-8-9-12-24-13-11-15-26(35)20-24/h11,13,15-17,20-21,23,25,40H,8-10,12,14,18-19,22H2,1-7H3/t23-,25?/m0/s1. The molecule has 1 unspecified atom stereocenters. The van der Waals surface area contributed by atoms with E-state index in [1.54, 1.807) is 0 Å². The van der Waals surface area contributed by atoms with E-state index in [9.17, 15) is 14.4 Å². The van der Waals surface area contributed by atoms with Crippen molar-refractivity contribution in [3.63, 3.8) is 0 Å². The molecule has 3 rings (SSSR count). The third-order valence-electron chi connectivity index (χ3n) is 8.97. The van der Waals surface area contributed by atoms with E-state index in [0.717, 1.165) is 60.1 Å². The van der Waals surface area contributed by atoms with Crippen LogP contribution in [0.5, 0.6) is 0 Å². The summed E-state index contributed by atoms with van der Waals surface area (Å²) in [5.41, 5.74) is 3.91. The average Bonchev–Trinajstić information content (AvgIpc) is 3.18. The average molecular weight is 633 g/mol. The number of halogens is 2. The molecular weight excluding hydrogens is 585 g/mol. The number of unbranched alkanes of at least 4 members (excludes halogenated alkanes) is 2. The minimum absolute atomic E-state index is 0.0125. The second kappa shape index (κ2) is 14.6. The summed E-state index contributed by atoms with van der Waals surface area (Å²) in [6.07, 6.45) is 6.19. The Morgan fingerprint density at radius 1 is 1.02 bits per heavy atom. The highest BCUT2D eigenvalue weighted by Gasteiger charge is 2.41. The van der Waals surface area contributed by atoms with Gasteiger partial charge in [-0.1, -0.05) is 68.9 Å². The zero-order valence-corrected chi connectivity index (χ0v) is 28.7. The van der Waals surface area contributed by atoms with Gasteiger partial charge in [-0.15, -0.1) is 0 Å². The van der Waals surface area contributed by atoms with E-state index >= 15 is 0 Å². The molecule has 3 aromatic rings. The number of fused-ring (bicyclic) bond motifs is 1. The molecule has 1 heterocycles. The van der Waals surface area contributed by atoms with Crippen molar-refractivity contribution in [3.05, 3.63) is 69.3 Å². The highest BCUT2D eigenvalue weighted by Crippen LogP contribution is 2.48. The second-order valence-electron chi connectivity index (χ2n) is 13.1. The molecule has 0 aliphatic heterocycles. The fourth-order valence-electron chi connectivity index (χ4n) is 5.86. The number of ketones is 1. The Labute approximate surface area is 262 Å². The van der Waals surface area contributed by atoms with Gasteiger partial charge in [0.15, 0.2) is 14.1 Å². The molecule has 0 amide bonds. The first-order valence-corrected chi connectivity index (χ1v) is 18.7. The fourth-order valence-corrected chi connectivity index (χ4v) is 6.99. The Morgan fingerprint density at radius 2 is 1.71 bits per heavy atom. The van der Waals surface area contributed by atoms with Gasteiger partial charge in [-0.25, -0.2) is 0 Å². The first kappa shape index (κ1) is 34.4. The van der Waals surface area contributed by atoms with Crippen molar-refractivity contribution >= 4 is 54.2 Å². The summed E-state index contributed by atoms with van der Waals surface area (Å²) in [4.78, 5) is 37.2. The van der Waals surface area contributed by atoms with Crippen molar-refractivity contribution in [1.82, 2.24) is 4.57 Å². The van der Waals surface area contributed by atoms with E-state index in [1.165, 1.54) is 12.7 Å². The molecule has 1 N–H and O–H groups in total. The van der Waals surface area contributed by atoms with Gasteiger partial charge in [0.1, 0.15) is 0 Å². The molecule has 0 aliphatic rings. The van der Waals surface area contributed by atoms with Crippen LogP contribution in [0.25, 0.3) is 10.9 Å². The van der Waals surface area contributed by atoms with Gasteiger partial charge in [0.2, 0.25) is 0 Å². The van der Waals surface area contributed by atoms with E-state index in [2.05, 4.69) is 24.5 Å². The van der Waals surface area contributed by atoms with Gasteiger partial charge in [-0.05, 0) is 85.6 Å². The van der Waals surface area contributed by atoms with Gasteiger partial charge in [0, 0.05) is 58.0 Å². The lowest BCUT2D eigenvalue weighted by atomic mass is 9.84. The third-order valence-corrected chi connectivity index (χ3v) is 13.0. The molecule has 0 fully saturated rings. The van der Waals surface area contributed by atoms with E-state index in [-0.39, 0.29) is 41.5 Å². The van der Waals surface area contributed by atoms with Crippen LogP contribution in [-0.4, -0.2) is 36.5 Å². The van der Waals surface area contributed by atoms with Gasteiger partial charge in [0.05, 0.1) is 7.11 Å². The number of hydrogen-bond donors (Lipinski definition) is 1. The zero-order valence-electron chi connectivity index (χ0n) is 26.2. The van der Waals surface area contributed by atoms with Crippen molar-refractivity contribution < 1.29 is 19.1 Å².